The van der Waals surface area contributed by atoms with Gasteiger partial charge in [0.05, 0.1) is 11.7 Å². The molecule has 1 aromatic carbocycles. The van der Waals surface area contributed by atoms with Crippen molar-refractivity contribution < 1.29 is 4.79 Å². The first-order valence-electron chi connectivity index (χ1n) is 8.52. The Labute approximate surface area is 146 Å². The number of nitrogens with zero attached hydrogens (tertiary/aromatic N) is 3. The summed E-state index contributed by atoms with van der Waals surface area (Å²) in [4.78, 5) is 16.7. The van der Waals surface area contributed by atoms with Gasteiger partial charge in [0.25, 0.3) is 0 Å². The zero-order valence-electron chi connectivity index (χ0n) is 14.0. The number of aromatic nitrogens is 3. The molecule has 25 heavy (non-hydrogen) atoms. The molecule has 1 amide bonds. The fourth-order valence-electron chi connectivity index (χ4n) is 3.21. The molecule has 5 heteroatoms. The number of hydrogen-bond donors (Lipinski definition) is 1. The number of hydrogen-bond acceptors (Lipinski definition) is 3. The Morgan fingerprint density at radius 3 is 2.92 bits per heavy atom. The molecule has 0 aliphatic heterocycles. The molecule has 3 unspecified atom stereocenters. The fourth-order valence-corrected chi connectivity index (χ4v) is 3.21. The summed E-state index contributed by atoms with van der Waals surface area (Å²) in [7, 11) is 0. The maximum Gasteiger partial charge on any atom is 0.224 e. The Morgan fingerprint density at radius 1 is 1.24 bits per heavy atom. The summed E-state index contributed by atoms with van der Waals surface area (Å²) in [5.74, 6) is 0.475. The van der Waals surface area contributed by atoms with Crippen LogP contribution in [-0.4, -0.2) is 20.7 Å². The Morgan fingerprint density at radius 2 is 2.16 bits per heavy atom. The molecule has 2 heterocycles. The highest BCUT2D eigenvalue weighted by Crippen LogP contribution is 2.47. The second-order valence-corrected chi connectivity index (χ2v) is 6.51. The van der Waals surface area contributed by atoms with E-state index in [4.69, 9.17) is 0 Å². The molecule has 4 rings (SSSR count). The van der Waals surface area contributed by atoms with Crippen LogP contribution in [0.1, 0.15) is 36.4 Å². The molecule has 2 aromatic heterocycles. The number of amides is 1. The fraction of sp³-hybridized carbons (Fsp3) is 0.250. The van der Waals surface area contributed by atoms with E-state index in [-0.39, 0.29) is 17.9 Å². The largest absolute Gasteiger partial charge is 0.349 e. The van der Waals surface area contributed by atoms with Crippen LogP contribution in [0.15, 0.2) is 67.3 Å². The van der Waals surface area contributed by atoms with E-state index in [1.165, 1.54) is 0 Å². The molecule has 3 aromatic rings. The smallest absolute Gasteiger partial charge is 0.224 e. The Hall–Kier alpha value is -2.95. The molecular weight excluding hydrogens is 312 g/mol. The minimum Gasteiger partial charge on any atom is -0.349 e. The lowest BCUT2D eigenvalue weighted by atomic mass is 10.1. The first-order valence-corrected chi connectivity index (χ1v) is 8.52. The van der Waals surface area contributed by atoms with Crippen molar-refractivity contribution in [2.45, 2.75) is 25.3 Å². The van der Waals surface area contributed by atoms with Crippen molar-refractivity contribution in [3.05, 3.63) is 78.4 Å². The molecular formula is C20H20N4O. The van der Waals surface area contributed by atoms with Crippen LogP contribution in [0.25, 0.3) is 5.69 Å². The summed E-state index contributed by atoms with van der Waals surface area (Å²) in [5.41, 5.74) is 3.21. The second kappa shape index (κ2) is 6.51. The molecule has 1 saturated carbocycles. The van der Waals surface area contributed by atoms with Gasteiger partial charge in [0.15, 0.2) is 0 Å². The SMILES string of the molecule is CC(NC(=O)C1CC1c1cccnc1)c1cccc(-n2cccn2)c1. The highest BCUT2D eigenvalue weighted by atomic mass is 16.2. The molecule has 0 radical (unpaired) electrons. The minimum absolute atomic E-state index is 0.0434. The third kappa shape index (κ3) is 3.31. The van der Waals surface area contributed by atoms with E-state index in [1.54, 1.807) is 12.4 Å². The lowest BCUT2D eigenvalue weighted by molar-refractivity contribution is -0.123. The highest BCUT2D eigenvalue weighted by Gasteiger charge is 2.44. The van der Waals surface area contributed by atoms with Crippen LogP contribution >= 0.6 is 0 Å². The summed E-state index contributed by atoms with van der Waals surface area (Å²) in [6.45, 7) is 2.02. The van der Waals surface area contributed by atoms with Crippen LogP contribution in [0.3, 0.4) is 0 Å². The van der Waals surface area contributed by atoms with E-state index in [0.717, 1.165) is 23.2 Å². The van der Waals surface area contributed by atoms with Crippen molar-refractivity contribution in [2.24, 2.45) is 5.92 Å². The molecule has 1 fully saturated rings. The summed E-state index contributed by atoms with van der Waals surface area (Å²) in [6.07, 6.45) is 8.18. The first-order chi connectivity index (χ1) is 12.2. The first kappa shape index (κ1) is 15.6. The lowest BCUT2D eigenvalue weighted by Gasteiger charge is -2.15. The van der Waals surface area contributed by atoms with Gasteiger partial charge in [-0.2, -0.15) is 5.10 Å². The molecule has 126 valence electrons. The standard InChI is InChI=1S/C20H20N4O/c1-14(15-5-2-7-17(11-15)24-10-4-9-22-24)23-20(25)19-12-18(19)16-6-3-8-21-13-16/h2-11,13-14,18-19H,12H2,1H3,(H,23,25). The van der Waals surface area contributed by atoms with Crippen molar-refractivity contribution in [3.63, 3.8) is 0 Å². The van der Waals surface area contributed by atoms with E-state index in [9.17, 15) is 4.79 Å². The predicted molar refractivity (Wildman–Crippen MR) is 95.2 cm³/mol. The van der Waals surface area contributed by atoms with E-state index in [1.807, 2.05) is 60.4 Å². The monoisotopic (exact) mass is 332 g/mol. The molecule has 1 N–H and O–H groups in total. The zero-order valence-corrected chi connectivity index (χ0v) is 14.0. The predicted octanol–water partition coefficient (Wildman–Crippen LogP) is 3.25. The Kier molecular flexibility index (Phi) is 4.06. The van der Waals surface area contributed by atoms with Crippen LogP contribution < -0.4 is 5.32 Å². The van der Waals surface area contributed by atoms with Gasteiger partial charge in [0.1, 0.15) is 0 Å². The number of rotatable bonds is 5. The van der Waals surface area contributed by atoms with E-state index >= 15 is 0 Å². The Balaban J connectivity index is 1.42. The summed E-state index contributed by atoms with van der Waals surface area (Å²) < 4.78 is 1.82. The van der Waals surface area contributed by atoms with Crippen molar-refractivity contribution in [3.8, 4) is 5.69 Å². The normalized spacial score (nSPS) is 20.0. The highest BCUT2D eigenvalue weighted by molar-refractivity contribution is 5.83. The maximum atomic E-state index is 12.5. The van der Waals surface area contributed by atoms with Crippen molar-refractivity contribution in [1.29, 1.82) is 0 Å². The topological polar surface area (TPSA) is 59.8 Å². The van der Waals surface area contributed by atoms with Gasteiger partial charge in [0.2, 0.25) is 5.91 Å². The van der Waals surface area contributed by atoms with Gasteiger partial charge >= 0.3 is 0 Å². The summed E-state index contributed by atoms with van der Waals surface area (Å²) in [6, 6.07) is 13.9. The molecule has 0 saturated heterocycles. The van der Waals surface area contributed by atoms with Crippen LogP contribution in [0.5, 0.6) is 0 Å². The number of benzene rings is 1. The van der Waals surface area contributed by atoms with Crippen LogP contribution in [0.2, 0.25) is 0 Å². The average Bonchev–Trinajstić information content (AvgIpc) is 3.27. The van der Waals surface area contributed by atoms with Gasteiger partial charge in [-0.05, 0) is 54.7 Å². The summed E-state index contributed by atoms with van der Waals surface area (Å²) >= 11 is 0. The van der Waals surface area contributed by atoms with Crippen molar-refractivity contribution in [2.75, 3.05) is 0 Å². The van der Waals surface area contributed by atoms with Gasteiger partial charge in [-0.3, -0.25) is 9.78 Å². The maximum absolute atomic E-state index is 12.5. The molecule has 5 nitrogen and oxygen atoms in total. The molecule has 0 bridgehead atoms. The summed E-state index contributed by atoms with van der Waals surface area (Å²) in [5, 5.41) is 7.39. The van der Waals surface area contributed by atoms with E-state index in [0.29, 0.717) is 5.92 Å². The third-order valence-corrected chi connectivity index (χ3v) is 4.74. The van der Waals surface area contributed by atoms with E-state index in [2.05, 4.69) is 21.5 Å². The second-order valence-electron chi connectivity index (χ2n) is 6.51. The molecule has 3 atom stereocenters. The van der Waals surface area contributed by atoms with Gasteiger partial charge in [0, 0.05) is 30.7 Å². The molecule has 1 aliphatic rings. The lowest BCUT2D eigenvalue weighted by Crippen LogP contribution is -2.28. The molecule has 1 aliphatic carbocycles. The van der Waals surface area contributed by atoms with Gasteiger partial charge in [-0.15, -0.1) is 0 Å². The molecule has 0 spiro atoms. The number of carbonyl (C=O) groups is 1. The van der Waals surface area contributed by atoms with Crippen LogP contribution in [0.4, 0.5) is 0 Å². The van der Waals surface area contributed by atoms with Gasteiger partial charge in [-0.25, -0.2) is 4.68 Å². The van der Waals surface area contributed by atoms with Crippen molar-refractivity contribution >= 4 is 5.91 Å². The quantitative estimate of drug-likeness (QED) is 0.780. The number of pyridine rings is 1. The van der Waals surface area contributed by atoms with Crippen LogP contribution in [-0.2, 0) is 4.79 Å². The number of nitrogens with one attached hydrogen (secondary N) is 1. The third-order valence-electron chi connectivity index (χ3n) is 4.74. The van der Waals surface area contributed by atoms with Gasteiger partial charge < -0.3 is 5.32 Å². The average molecular weight is 332 g/mol. The van der Waals surface area contributed by atoms with Crippen LogP contribution in [0, 0.1) is 5.92 Å². The number of carbonyl (C=O) groups excluding carboxylic acids is 1. The van der Waals surface area contributed by atoms with Gasteiger partial charge in [-0.1, -0.05) is 18.2 Å². The van der Waals surface area contributed by atoms with E-state index < -0.39 is 0 Å². The minimum atomic E-state index is -0.0434. The zero-order chi connectivity index (χ0) is 17.2. The van der Waals surface area contributed by atoms with Crippen molar-refractivity contribution in [1.82, 2.24) is 20.1 Å². The Bertz CT molecular complexity index is 860.